The number of rotatable bonds is 4. The molecule has 100 valence electrons. The molecule has 2 atom stereocenters. The van der Waals surface area contributed by atoms with Gasteiger partial charge in [-0.25, -0.2) is 0 Å². The summed E-state index contributed by atoms with van der Waals surface area (Å²) in [6, 6.07) is 1.84. The molecule has 1 saturated heterocycles. The second-order valence-corrected chi connectivity index (χ2v) is 4.47. The molecule has 2 unspecified atom stereocenters. The monoisotopic (exact) mass is 252 g/mol. The van der Waals surface area contributed by atoms with Gasteiger partial charge in [0.05, 0.1) is 32.1 Å². The van der Waals surface area contributed by atoms with Gasteiger partial charge >= 0.3 is 0 Å². The highest BCUT2D eigenvalue weighted by atomic mass is 16.5. The Balaban J connectivity index is 2.16. The van der Waals surface area contributed by atoms with Gasteiger partial charge in [0.1, 0.15) is 5.75 Å². The maximum atomic E-state index is 5.78. The second-order valence-electron chi connectivity index (χ2n) is 4.47. The Morgan fingerprint density at radius 2 is 2.44 bits per heavy atom. The lowest BCUT2D eigenvalue weighted by molar-refractivity contribution is -0.0393. The Morgan fingerprint density at radius 3 is 3.11 bits per heavy atom. The Morgan fingerprint density at radius 1 is 1.61 bits per heavy atom. The Hall–Kier alpha value is -1.21. The van der Waals surface area contributed by atoms with Gasteiger partial charge in [0.2, 0.25) is 0 Å². The van der Waals surface area contributed by atoms with Crippen LogP contribution in [0.25, 0.3) is 0 Å². The van der Waals surface area contributed by atoms with E-state index >= 15 is 0 Å². The third-order valence-electron chi connectivity index (χ3n) is 3.18. The quantitative estimate of drug-likeness (QED) is 0.577. The molecule has 0 amide bonds. The number of hydrazine groups is 1. The van der Waals surface area contributed by atoms with Crippen molar-refractivity contribution in [1.29, 1.82) is 0 Å². The molecule has 0 saturated carbocycles. The van der Waals surface area contributed by atoms with Crippen molar-refractivity contribution in [2.24, 2.45) is 5.84 Å². The van der Waals surface area contributed by atoms with Gasteiger partial charge in [-0.1, -0.05) is 0 Å². The number of methoxy groups -OCH3 is 1. The van der Waals surface area contributed by atoms with Crippen molar-refractivity contribution in [2.45, 2.75) is 12.1 Å². The van der Waals surface area contributed by atoms with Gasteiger partial charge in [-0.05, 0) is 18.7 Å². The zero-order chi connectivity index (χ0) is 13.0. The molecular weight excluding hydrogens is 232 g/mol. The van der Waals surface area contributed by atoms with Crippen LogP contribution < -0.4 is 16.0 Å². The van der Waals surface area contributed by atoms with Crippen molar-refractivity contribution in [3.05, 3.63) is 24.0 Å². The van der Waals surface area contributed by atoms with Crippen LogP contribution in [0.2, 0.25) is 0 Å². The molecule has 2 rings (SSSR count). The number of nitrogens with one attached hydrogen (secondary N) is 1. The Kier molecular flexibility index (Phi) is 4.48. The molecule has 0 radical (unpaired) electrons. The number of morpholine rings is 1. The predicted molar refractivity (Wildman–Crippen MR) is 68.1 cm³/mol. The van der Waals surface area contributed by atoms with Crippen LogP contribution in [-0.2, 0) is 4.74 Å². The van der Waals surface area contributed by atoms with Crippen LogP contribution in [0.1, 0.15) is 11.6 Å². The second kappa shape index (κ2) is 6.10. The standard InChI is InChI=1S/C12H20N4O2/c1-16-3-4-18-11(8-16)12(15-13)9-5-10(17-2)7-14-6-9/h5-7,11-12,15H,3-4,8,13H2,1-2H3. The highest BCUT2D eigenvalue weighted by molar-refractivity contribution is 5.26. The van der Waals surface area contributed by atoms with Crippen molar-refractivity contribution >= 4 is 0 Å². The van der Waals surface area contributed by atoms with Gasteiger partial charge in [0.15, 0.2) is 0 Å². The van der Waals surface area contributed by atoms with Gasteiger partial charge in [-0.3, -0.25) is 16.3 Å². The van der Waals surface area contributed by atoms with E-state index in [-0.39, 0.29) is 12.1 Å². The molecule has 1 aromatic rings. The summed E-state index contributed by atoms with van der Waals surface area (Å²) in [6.07, 6.45) is 3.47. The summed E-state index contributed by atoms with van der Waals surface area (Å²) in [4.78, 5) is 6.38. The molecular formula is C12H20N4O2. The highest BCUT2D eigenvalue weighted by Crippen LogP contribution is 2.23. The molecule has 1 aliphatic heterocycles. The van der Waals surface area contributed by atoms with Crippen LogP contribution in [0.5, 0.6) is 5.75 Å². The van der Waals surface area contributed by atoms with Gasteiger partial charge in [0, 0.05) is 19.3 Å². The number of hydrogen-bond donors (Lipinski definition) is 2. The molecule has 0 aromatic carbocycles. The van der Waals surface area contributed by atoms with Crippen LogP contribution in [0.3, 0.4) is 0 Å². The average molecular weight is 252 g/mol. The Bertz CT molecular complexity index is 388. The lowest BCUT2D eigenvalue weighted by Crippen LogP contribution is -2.48. The largest absolute Gasteiger partial charge is 0.495 e. The summed E-state index contributed by atoms with van der Waals surface area (Å²) >= 11 is 0. The normalized spacial score (nSPS) is 22.7. The number of nitrogens with zero attached hydrogens (tertiary/aromatic N) is 2. The molecule has 6 heteroatoms. The van der Waals surface area contributed by atoms with E-state index < -0.39 is 0 Å². The van der Waals surface area contributed by atoms with Crippen molar-refractivity contribution < 1.29 is 9.47 Å². The van der Waals surface area contributed by atoms with E-state index in [1.807, 2.05) is 6.07 Å². The van der Waals surface area contributed by atoms with Gasteiger partial charge < -0.3 is 14.4 Å². The van der Waals surface area contributed by atoms with Crippen molar-refractivity contribution in [2.75, 3.05) is 33.9 Å². The molecule has 3 N–H and O–H groups in total. The third-order valence-corrected chi connectivity index (χ3v) is 3.18. The smallest absolute Gasteiger partial charge is 0.137 e. The number of pyridine rings is 1. The minimum Gasteiger partial charge on any atom is -0.495 e. The molecule has 2 heterocycles. The number of ether oxygens (including phenoxy) is 2. The minimum absolute atomic E-state index is 0.0163. The van der Waals surface area contributed by atoms with Gasteiger partial charge in [-0.15, -0.1) is 0 Å². The predicted octanol–water partition coefficient (Wildman–Crippen LogP) is -0.0748. The van der Waals surface area contributed by atoms with E-state index in [2.05, 4.69) is 22.4 Å². The van der Waals surface area contributed by atoms with Crippen LogP contribution in [-0.4, -0.2) is 49.8 Å². The van der Waals surface area contributed by atoms with Crippen molar-refractivity contribution in [3.8, 4) is 5.75 Å². The van der Waals surface area contributed by atoms with E-state index in [9.17, 15) is 0 Å². The maximum absolute atomic E-state index is 5.78. The number of hydrogen-bond acceptors (Lipinski definition) is 6. The molecule has 6 nitrogen and oxygen atoms in total. The molecule has 1 aliphatic rings. The first-order valence-electron chi connectivity index (χ1n) is 6.00. The fraction of sp³-hybridized carbons (Fsp3) is 0.583. The minimum atomic E-state index is -0.0876. The fourth-order valence-corrected chi connectivity index (χ4v) is 2.15. The first kappa shape index (κ1) is 13.2. The summed E-state index contributed by atoms with van der Waals surface area (Å²) < 4.78 is 11.0. The van der Waals surface area contributed by atoms with Gasteiger partial charge in [-0.2, -0.15) is 0 Å². The molecule has 18 heavy (non-hydrogen) atoms. The average Bonchev–Trinajstić information content (AvgIpc) is 2.40. The van der Waals surface area contributed by atoms with Crippen LogP contribution in [0.4, 0.5) is 0 Å². The molecule has 0 aliphatic carbocycles. The molecule has 0 spiro atoms. The van der Waals surface area contributed by atoms with E-state index in [1.165, 1.54) is 0 Å². The summed E-state index contributed by atoms with van der Waals surface area (Å²) in [7, 11) is 3.70. The SMILES string of the molecule is COc1cncc(C(NN)C2CN(C)CCO2)c1. The summed E-state index contributed by atoms with van der Waals surface area (Å²) in [5.41, 5.74) is 3.78. The van der Waals surface area contributed by atoms with Crippen LogP contribution in [0, 0.1) is 0 Å². The molecule has 1 fully saturated rings. The zero-order valence-electron chi connectivity index (χ0n) is 10.8. The summed E-state index contributed by atoms with van der Waals surface area (Å²) in [5, 5.41) is 0. The third kappa shape index (κ3) is 2.97. The van der Waals surface area contributed by atoms with Crippen molar-refractivity contribution in [1.82, 2.24) is 15.3 Å². The van der Waals surface area contributed by atoms with E-state index in [0.29, 0.717) is 0 Å². The summed E-state index contributed by atoms with van der Waals surface area (Å²) in [6.45, 7) is 2.51. The lowest BCUT2D eigenvalue weighted by atomic mass is 10.0. The number of nitrogens with two attached hydrogens (primary N) is 1. The van der Waals surface area contributed by atoms with Crippen LogP contribution in [0.15, 0.2) is 18.5 Å². The summed E-state index contributed by atoms with van der Waals surface area (Å²) in [5.74, 6) is 6.37. The zero-order valence-corrected chi connectivity index (χ0v) is 10.8. The molecule has 1 aromatic heterocycles. The van der Waals surface area contributed by atoms with Crippen LogP contribution >= 0.6 is 0 Å². The lowest BCUT2D eigenvalue weighted by Gasteiger charge is -2.34. The number of aromatic nitrogens is 1. The maximum Gasteiger partial charge on any atom is 0.137 e. The highest BCUT2D eigenvalue weighted by Gasteiger charge is 2.27. The number of likely N-dealkylation sites (N-methyl/N-ethyl adjacent to an activating group) is 1. The van der Waals surface area contributed by atoms with Gasteiger partial charge in [0.25, 0.3) is 0 Å². The van der Waals surface area contributed by atoms with E-state index in [1.54, 1.807) is 19.5 Å². The van der Waals surface area contributed by atoms with Crippen molar-refractivity contribution in [3.63, 3.8) is 0 Å². The first-order chi connectivity index (χ1) is 8.74. The first-order valence-corrected chi connectivity index (χ1v) is 6.00. The Labute approximate surface area is 107 Å². The van der Waals surface area contributed by atoms with E-state index in [4.69, 9.17) is 15.3 Å². The molecule has 0 bridgehead atoms. The fourth-order valence-electron chi connectivity index (χ4n) is 2.15. The van der Waals surface area contributed by atoms with E-state index in [0.717, 1.165) is 31.0 Å². The topological polar surface area (TPSA) is 72.6 Å².